The number of nitrogens with zero attached hydrogens (tertiary/aromatic N) is 5. The van der Waals surface area contributed by atoms with Gasteiger partial charge in [0.2, 0.25) is 16.7 Å². The molecule has 0 spiro atoms. The minimum Gasteiger partial charge on any atom is -0.477 e. The second-order valence-electron chi connectivity index (χ2n) is 12.2. The molecule has 2 aromatic heterocycles. The number of carboxylic acid groups (broad SMARTS) is 1. The first-order valence-corrected chi connectivity index (χ1v) is 18.5. The van der Waals surface area contributed by atoms with Crippen LogP contribution in [0.5, 0.6) is 0 Å². The van der Waals surface area contributed by atoms with E-state index in [0.29, 0.717) is 5.57 Å². The number of fused-ring (bicyclic) bond motifs is 1. The topological polar surface area (TPSA) is 150 Å². The second kappa shape index (κ2) is 15.9. The fraction of sp³-hybridized carbons (Fsp3) is 0.184. The van der Waals surface area contributed by atoms with Crippen molar-refractivity contribution < 1.29 is 37.7 Å². The highest BCUT2D eigenvalue weighted by Crippen LogP contribution is 2.42. The number of carbonyl (C=O) groups excluding carboxylic acids is 2. The number of β-lactam (4-membered cyclic amide) rings is 1. The lowest BCUT2D eigenvalue weighted by atomic mass is 9.77. The summed E-state index contributed by atoms with van der Waals surface area (Å²) in [6, 6.07) is 33.3. The number of halogens is 2. The molecule has 4 heterocycles. The summed E-state index contributed by atoms with van der Waals surface area (Å²) in [6.45, 7) is -1.28. The molecule has 0 aliphatic carbocycles. The van der Waals surface area contributed by atoms with Crippen molar-refractivity contribution in [1.29, 1.82) is 0 Å². The predicted molar refractivity (Wildman–Crippen MR) is 198 cm³/mol. The molecule has 3 N–H and O–H groups in total. The van der Waals surface area contributed by atoms with E-state index in [-0.39, 0.29) is 29.0 Å². The molecular formula is C38H32F2N7O5S2+. The molecule has 1 unspecified atom stereocenters. The van der Waals surface area contributed by atoms with Crippen LogP contribution in [0, 0.1) is 0 Å². The number of carboxylic acids is 1. The van der Waals surface area contributed by atoms with Gasteiger partial charge in [-0.05, 0) is 16.7 Å². The zero-order valence-corrected chi connectivity index (χ0v) is 29.9. The van der Waals surface area contributed by atoms with Gasteiger partial charge in [-0.1, -0.05) is 102 Å². The Hall–Kier alpha value is -6.00. The molecule has 1 fully saturated rings. The smallest absolute Gasteiger partial charge is 0.352 e. The van der Waals surface area contributed by atoms with Crippen molar-refractivity contribution in [2.24, 2.45) is 5.16 Å². The van der Waals surface area contributed by atoms with Crippen LogP contribution >= 0.6 is 23.3 Å². The van der Waals surface area contributed by atoms with Gasteiger partial charge < -0.3 is 20.6 Å². The number of carbonyl (C=O) groups is 3. The number of alkyl halides is 2. The fourth-order valence-electron chi connectivity index (χ4n) is 6.41. The maximum absolute atomic E-state index is 14.0. The molecular weight excluding hydrogens is 737 g/mol. The standard InChI is InChI=1S/C38H31F2N7O5S2/c39-21-28(40)52-44-29(33(48)41-30-34(49)47-31(36(50)51)24(23-53-35(30)47)22-46-19-11-4-12-20-46)32-42-37(54-45-32)43-38(25-13-5-1-6-14-25,26-15-7-2-8-16-26)27-17-9-3-10-18-27/h1-20,28,30,35H,21-23H2,(H2-,41,42,43,45,48,50,51)/p+1/t28?,30-,35-/m1/s1. The van der Waals surface area contributed by atoms with Gasteiger partial charge >= 0.3 is 5.97 Å². The second-order valence-corrected chi connectivity index (χ2v) is 14.0. The zero-order valence-electron chi connectivity index (χ0n) is 28.3. The zero-order chi connectivity index (χ0) is 37.7. The van der Waals surface area contributed by atoms with Crippen molar-refractivity contribution >= 4 is 51.9 Å². The van der Waals surface area contributed by atoms with Gasteiger partial charge in [0.05, 0.1) is 0 Å². The highest BCUT2D eigenvalue weighted by atomic mass is 32.2. The lowest BCUT2D eigenvalue weighted by molar-refractivity contribution is -0.689. The van der Waals surface area contributed by atoms with Crippen LogP contribution in [0.4, 0.5) is 13.9 Å². The monoisotopic (exact) mass is 768 g/mol. The summed E-state index contributed by atoms with van der Waals surface area (Å²) in [5.74, 6) is -2.93. The number of hydrogen-bond donors (Lipinski definition) is 3. The maximum atomic E-state index is 14.0. The van der Waals surface area contributed by atoms with Crippen LogP contribution < -0.4 is 15.2 Å². The van der Waals surface area contributed by atoms with E-state index in [1.54, 1.807) is 17.0 Å². The highest BCUT2D eigenvalue weighted by molar-refractivity contribution is 8.00. The van der Waals surface area contributed by atoms with E-state index >= 15 is 0 Å². The van der Waals surface area contributed by atoms with E-state index < -0.39 is 53.5 Å². The van der Waals surface area contributed by atoms with E-state index in [9.17, 15) is 28.3 Å². The number of hydrogen-bond acceptors (Lipinski definition) is 10. The van der Waals surface area contributed by atoms with Crippen LogP contribution in [-0.4, -0.2) is 73.1 Å². The van der Waals surface area contributed by atoms with Crippen molar-refractivity contribution in [1.82, 2.24) is 19.6 Å². The predicted octanol–water partition coefficient (Wildman–Crippen LogP) is 4.65. The number of anilines is 1. The molecule has 54 heavy (non-hydrogen) atoms. The first kappa shape index (κ1) is 36.4. The molecule has 0 saturated carbocycles. The van der Waals surface area contributed by atoms with Gasteiger partial charge in [-0.25, -0.2) is 13.8 Å². The Balaban J connectivity index is 1.18. The number of nitrogens with one attached hydrogen (secondary N) is 2. The summed E-state index contributed by atoms with van der Waals surface area (Å²) < 4.78 is 33.2. The Kier molecular flexibility index (Phi) is 10.7. The number of aromatic nitrogens is 3. The Labute approximate surface area is 316 Å². The summed E-state index contributed by atoms with van der Waals surface area (Å²) in [7, 11) is 0. The highest BCUT2D eigenvalue weighted by Gasteiger charge is 2.55. The fourth-order valence-corrected chi connectivity index (χ4v) is 8.37. The summed E-state index contributed by atoms with van der Waals surface area (Å²) in [5, 5.41) is 19.3. The third-order valence-corrected chi connectivity index (χ3v) is 10.8. The van der Waals surface area contributed by atoms with E-state index in [1.807, 2.05) is 109 Å². The third-order valence-electron chi connectivity index (χ3n) is 8.83. The van der Waals surface area contributed by atoms with Crippen molar-refractivity contribution in [3.63, 3.8) is 0 Å². The summed E-state index contributed by atoms with van der Waals surface area (Å²) >= 11 is 2.18. The van der Waals surface area contributed by atoms with Gasteiger partial charge in [0.1, 0.15) is 22.7 Å². The normalized spacial score (nSPS) is 17.6. The molecule has 1 saturated heterocycles. The minimum absolute atomic E-state index is 0.151. The number of aliphatic carboxylic acids is 1. The molecule has 16 heteroatoms. The average Bonchev–Trinajstić information content (AvgIpc) is 3.67. The molecule has 5 aromatic rings. The molecule has 3 atom stereocenters. The SMILES string of the molecule is O=C(O)C1=C(C[n+]2ccccc2)CS[C@@H]2[C@H](NC(=O)C(=NOC(F)CF)c3nsc(NC(c4ccccc4)(c4ccccc4)c4ccccc4)n3)C(=O)N12. The number of oxime groups is 1. The van der Waals surface area contributed by atoms with Gasteiger partial charge in [0.25, 0.3) is 18.2 Å². The van der Waals surface area contributed by atoms with Crippen LogP contribution in [0.25, 0.3) is 0 Å². The lowest BCUT2D eigenvalue weighted by Crippen LogP contribution is -2.71. The van der Waals surface area contributed by atoms with E-state index in [0.717, 1.165) is 33.1 Å². The van der Waals surface area contributed by atoms with Gasteiger partial charge in [-0.3, -0.25) is 14.5 Å². The largest absolute Gasteiger partial charge is 0.477 e. The Morgan fingerprint density at radius 2 is 1.54 bits per heavy atom. The van der Waals surface area contributed by atoms with Crippen molar-refractivity contribution in [2.75, 3.05) is 17.7 Å². The summed E-state index contributed by atoms with van der Waals surface area (Å²) in [4.78, 5) is 50.0. The van der Waals surface area contributed by atoms with E-state index in [4.69, 9.17) is 0 Å². The number of pyridine rings is 1. The molecule has 3 aromatic carbocycles. The minimum atomic E-state index is -2.48. The van der Waals surface area contributed by atoms with Gasteiger partial charge in [0, 0.05) is 35.0 Å². The van der Waals surface area contributed by atoms with Crippen molar-refractivity contribution in [3.05, 3.63) is 155 Å². The summed E-state index contributed by atoms with van der Waals surface area (Å²) in [5.41, 5.74) is 1.38. The first-order valence-electron chi connectivity index (χ1n) is 16.7. The Bertz CT molecular complexity index is 2100. The molecule has 2 aliphatic rings. The molecule has 0 radical (unpaired) electrons. The molecule has 0 bridgehead atoms. The average molecular weight is 769 g/mol. The Morgan fingerprint density at radius 1 is 0.963 bits per heavy atom. The third kappa shape index (κ3) is 7.17. The van der Waals surface area contributed by atoms with Crippen LogP contribution in [0.15, 0.2) is 138 Å². The van der Waals surface area contributed by atoms with E-state index in [2.05, 4.69) is 30.0 Å². The van der Waals surface area contributed by atoms with Gasteiger partial charge in [-0.15, -0.1) is 11.8 Å². The molecule has 2 aliphatic heterocycles. The van der Waals surface area contributed by atoms with Crippen LogP contribution in [0.3, 0.4) is 0 Å². The number of benzene rings is 3. The molecule has 2 amide bonds. The van der Waals surface area contributed by atoms with E-state index in [1.165, 1.54) is 11.8 Å². The number of amides is 2. The number of rotatable bonds is 14. The summed E-state index contributed by atoms with van der Waals surface area (Å²) in [6.07, 6.45) is 1.09. The van der Waals surface area contributed by atoms with Gasteiger partial charge in [0.15, 0.2) is 25.6 Å². The van der Waals surface area contributed by atoms with Crippen molar-refractivity contribution in [2.45, 2.75) is 29.9 Å². The number of thioether (sulfide) groups is 1. The van der Waals surface area contributed by atoms with Crippen LogP contribution in [0.2, 0.25) is 0 Å². The van der Waals surface area contributed by atoms with Gasteiger partial charge in [-0.2, -0.15) is 13.7 Å². The first-order chi connectivity index (χ1) is 26.3. The Morgan fingerprint density at radius 3 is 2.09 bits per heavy atom. The molecule has 7 rings (SSSR count). The lowest BCUT2D eigenvalue weighted by Gasteiger charge is -2.49. The molecule has 12 nitrogen and oxygen atoms in total. The van der Waals surface area contributed by atoms with Crippen LogP contribution in [-0.2, 0) is 31.3 Å². The maximum Gasteiger partial charge on any atom is 0.352 e. The van der Waals surface area contributed by atoms with Crippen molar-refractivity contribution in [3.8, 4) is 0 Å². The quantitative estimate of drug-likeness (QED) is 0.0483. The van der Waals surface area contributed by atoms with Crippen LogP contribution in [0.1, 0.15) is 22.5 Å². The molecule has 274 valence electrons.